The number of hydrogen-bond donors (Lipinski definition) is 0. The van der Waals surface area contributed by atoms with Gasteiger partial charge in [-0.1, -0.05) is 0 Å². The number of halogens is 1. The molecule has 0 unspecified atom stereocenters. The van der Waals surface area contributed by atoms with Gasteiger partial charge in [-0.3, -0.25) is 0 Å². The summed E-state index contributed by atoms with van der Waals surface area (Å²) in [5.41, 5.74) is 1.21. The van der Waals surface area contributed by atoms with Gasteiger partial charge in [0.05, 0.1) is 24.8 Å². The van der Waals surface area contributed by atoms with Crippen molar-refractivity contribution in [1.29, 1.82) is 0 Å². The molecule has 2 rings (SSSR count). The second-order valence-corrected chi connectivity index (χ2v) is 4.27. The first-order valence-corrected chi connectivity index (χ1v) is 5.77. The molecule has 82 valence electrons. The van der Waals surface area contributed by atoms with Crippen LogP contribution in [0.4, 0.5) is 5.69 Å². The Bertz CT molecular complexity index is 337. The maximum absolute atomic E-state index is 5.32. The molecule has 1 aromatic carbocycles. The first-order chi connectivity index (χ1) is 7.31. The number of rotatable bonds is 2. The largest absolute Gasteiger partial charge is 0.496 e. The van der Waals surface area contributed by atoms with E-state index in [-0.39, 0.29) is 0 Å². The highest BCUT2D eigenvalue weighted by Crippen LogP contribution is 2.29. The number of ether oxygens (including phenoxy) is 2. The topological polar surface area (TPSA) is 21.7 Å². The highest BCUT2D eigenvalue weighted by Gasteiger charge is 2.12. The van der Waals surface area contributed by atoms with Gasteiger partial charge in [0, 0.05) is 18.8 Å². The molecule has 3 nitrogen and oxygen atoms in total. The molecule has 1 aromatic rings. The molecule has 0 N–H and O–H groups in total. The lowest BCUT2D eigenvalue weighted by Crippen LogP contribution is -2.36. The predicted octanol–water partition coefficient (Wildman–Crippen LogP) is 2.29. The molecule has 0 saturated carbocycles. The monoisotopic (exact) mass is 271 g/mol. The summed E-state index contributed by atoms with van der Waals surface area (Å²) in [4.78, 5) is 2.31. The van der Waals surface area contributed by atoms with Crippen LogP contribution in [-0.2, 0) is 4.74 Å². The quantitative estimate of drug-likeness (QED) is 0.824. The van der Waals surface area contributed by atoms with Gasteiger partial charge in [0.15, 0.2) is 0 Å². The first-order valence-electron chi connectivity index (χ1n) is 4.97. The van der Waals surface area contributed by atoms with Crippen molar-refractivity contribution in [2.45, 2.75) is 0 Å². The number of morpholine rings is 1. The van der Waals surface area contributed by atoms with E-state index in [1.54, 1.807) is 7.11 Å². The molecule has 0 aliphatic carbocycles. The Hall–Kier alpha value is -0.740. The molecule has 0 bridgehead atoms. The molecule has 1 heterocycles. The SMILES string of the molecule is COc1ccc(N2CCOCC2)cc1Br. The molecule has 0 amide bonds. The molecule has 0 spiro atoms. The number of hydrogen-bond acceptors (Lipinski definition) is 3. The van der Waals surface area contributed by atoms with Crippen molar-refractivity contribution < 1.29 is 9.47 Å². The zero-order valence-corrected chi connectivity index (χ0v) is 10.3. The molecule has 0 atom stereocenters. The summed E-state index contributed by atoms with van der Waals surface area (Å²) >= 11 is 3.49. The third kappa shape index (κ3) is 2.44. The lowest BCUT2D eigenvalue weighted by molar-refractivity contribution is 0.122. The van der Waals surface area contributed by atoms with E-state index in [0.717, 1.165) is 36.5 Å². The van der Waals surface area contributed by atoms with Gasteiger partial charge in [-0.25, -0.2) is 0 Å². The van der Waals surface area contributed by atoms with Crippen LogP contribution in [0, 0.1) is 0 Å². The molecular formula is C11H14BrNO2. The second kappa shape index (κ2) is 4.86. The van der Waals surface area contributed by atoms with Gasteiger partial charge in [-0.2, -0.15) is 0 Å². The minimum Gasteiger partial charge on any atom is -0.496 e. The zero-order chi connectivity index (χ0) is 10.7. The van der Waals surface area contributed by atoms with Crippen molar-refractivity contribution in [3.05, 3.63) is 22.7 Å². The molecule has 1 aliphatic heterocycles. The summed E-state index contributed by atoms with van der Waals surface area (Å²) in [5.74, 6) is 0.868. The highest BCUT2D eigenvalue weighted by atomic mass is 79.9. The Morgan fingerprint density at radius 1 is 1.33 bits per heavy atom. The van der Waals surface area contributed by atoms with Crippen molar-refractivity contribution in [2.24, 2.45) is 0 Å². The summed E-state index contributed by atoms with van der Waals surface area (Å²) in [6.07, 6.45) is 0. The Morgan fingerprint density at radius 3 is 2.67 bits per heavy atom. The van der Waals surface area contributed by atoms with Crippen LogP contribution in [0.2, 0.25) is 0 Å². The van der Waals surface area contributed by atoms with Gasteiger partial charge >= 0.3 is 0 Å². The van der Waals surface area contributed by atoms with Gasteiger partial charge in [-0.15, -0.1) is 0 Å². The summed E-state index contributed by atoms with van der Waals surface area (Å²) < 4.78 is 11.5. The van der Waals surface area contributed by atoms with Crippen molar-refractivity contribution >= 4 is 21.6 Å². The summed E-state index contributed by atoms with van der Waals surface area (Å²) in [5, 5.41) is 0. The Labute approximate surface area is 98.1 Å². The predicted molar refractivity (Wildman–Crippen MR) is 63.7 cm³/mol. The van der Waals surface area contributed by atoms with E-state index in [1.807, 2.05) is 6.07 Å². The van der Waals surface area contributed by atoms with E-state index < -0.39 is 0 Å². The van der Waals surface area contributed by atoms with Crippen LogP contribution in [0.3, 0.4) is 0 Å². The molecule has 1 fully saturated rings. The van der Waals surface area contributed by atoms with Crippen molar-refractivity contribution in [1.82, 2.24) is 0 Å². The van der Waals surface area contributed by atoms with Crippen LogP contribution in [0.1, 0.15) is 0 Å². The van der Waals surface area contributed by atoms with E-state index >= 15 is 0 Å². The normalized spacial score (nSPS) is 16.5. The third-order valence-corrected chi connectivity index (χ3v) is 3.13. The van der Waals surface area contributed by atoms with E-state index in [0.29, 0.717) is 0 Å². The van der Waals surface area contributed by atoms with Crippen LogP contribution in [0.15, 0.2) is 22.7 Å². The van der Waals surface area contributed by atoms with Crippen LogP contribution >= 0.6 is 15.9 Å². The molecule has 0 radical (unpaired) electrons. The smallest absolute Gasteiger partial charge is 0.133 e. The molecule has 15 heavy (non-hydrogen) atoms. The lowest BCUT2D eigenvalue weighted by Gasteiger charge is -2.29. The fourth-order valence-corrected chi connectivity index (χ4v) is 2.20. The van der Waals surface area contributed by atoms with Gasteiger partial charge in [0.2, 0.25) is 0 Å². The van der Waals surface area contributed by atoms with Crippen molar-refractivity contribution in [3.8, 4) is 5.75 Å². The summed E-state index contributed by atoms with van der Waals surface area (Å²) in [6.45, 7) is 3.53. The summed E-state index contributed by atoms with van der Waals surface area (Å²) in [7, 11) is 1.68. The minimum atomic E-state index is 0.809. The molecule has 1 saturated heterocycles. The molecule has 0 aromatic heterocycles. The van der Waals surface area contributed by atoms with Gasteiger partial charge < -0.3 is 14.4 Å². The molecule has 4 heteroatoms. The number of benzene rings is 1. The van der Waals surface area contributed by atoms with E-state index in [2.05, 4.69) is 33.0 Å². The fourth-order valence-electron chi connectivity index (χ4n) is 1.67. The Morgan fingerprint density at radius 2 is 2.07 bits per heavy atom. The average molecular weight is 272 g/mol. The zero-order valence-electron chi connectivity index (χ0n) is 8.70. The average Bonchev–Trinajstić information content (AvgIpc) is 2.30. The molecule has 1 aliphatic rings. The van der Waals surface area contributed by atoms with Gasteiger partial charge in [0.1, 0.15) is 5.75 Å². The lowest BCUT2D eigenvalue weighted by atomic mass is 10.2. The highest BCUT2D eigenvalue weighted by molar-refractivity contribution is 9.10. The Balaban J connectivity index is 2.17. The maximum atomic E-state index is 5.32. The standard InChI is InChI=1S/C11H14BrNO2/c1-14-11-3-2-9(8-10(11)12)13-4-6-15-7-5-13/h2-3,8H,4-7H2,1H3. The minimum absolute atomic E-state index is 0.809. The summed E-state index contributed by atoms with van der Waals surface area (Å²) in [6, 6.07) is 6.15. The number of anilines is 1. The first kappa shape index (κ1) is 10.8. The number of nitrogens with zero attached hydrogens (tertiary/aromatic N) is 1. The molecular weight excluding hydrogens is 258 g/mol. The Kier molecular flexibility index (Phi) is 3.49. The van der Waals surface area contributed by atoms with Gasteiger partial charge in [-0.05, 0) is 34.1 Å². The van der Waals surface area contributed by atoms with Crippen LogP contribution in [0.5, 0.6) is 5.75 Å². The third-order valence-electron chi connectivity index (χ3n) is 2.51. The van der Waals surface area contributed by atoms with Crippen LogP contribution in [0.25, 0.3) is 0 Å². The van der Waals surface area contributed by atoms with Crippen molar-refractivity contribution in [2.75, 3.05) is 38.3 Å². The van der Waals surface area contributed by atoms with E-state index in [4.69, 9.17) is 9.47 Å². The fraction of sp³-hybridized carbons (Fsp3) is 0.455. The van der Waals surface area contributed by atoms with Crippen LogP contribution in [-0.4, -0.2) is 33.4 Å². The van der Waals surface area contributed by atoms with E-state index in [1.165, 1.54) is 5.69 Å². The second-order valence-electron chi connectivity index (χ2n) is 3.42. The van der Waals surface area contributed by atoms with Crippen molar-refractivity contribution in [3.63, 3.8) is 0 Å². The number of methoxy groups -OCH3 is 1. The van der Waals surface area contributed by atoms with E-state index in [9.17, 15) is 0 Å². The maximum Gasteiger partial charge on any atom is 0.133 e. The van der Waals surface area contributed by atoms with Crippen LogP contribution < -0.4 is 9.64 Å². The van der Waals surface area contributed by atoms with Gasteiger partial charge in [0.25, 0.3) is 0 Å².